The van der Waals surface area contributed by atoms with Gasteiger partial charge in [-0.15, -0.1) is 10.2 Å². The minimum atomic E-state index is -0.148. The molecule has 1 unspecified atom stereocenters. The number of nitrogens with zero attached hydrogens (tertiary/aromatic N) is 6. The molecular weight excluding hydrogens is 404 g/mol. The zero-order chi connectivity index (χ0) is 22.5. The Morgan fingerprint density at radius 2 is 2.00 bits per heavy atom. The summed E-state index contributed by atoms with van der Waals surface area (Å²) in [5.74, 6) is 1.26. The Kier molecular flexibility index (Phi) is 6.16. The molecule has 0 aliphatic rings. The molecule has 0 bridgehead atoms. The lowest BCUT2D eigenvalue weighted by Crippen LogP contribution is -2.26. The second kappa shape index (κ2) is 9.34. The van der Waals surface area contributed by atoms with Crippen LogP contribution in [0.25, 0.3) is 11.5 Å². The van der Waals surface area contributed by atoms with E-state index in [1.165, 1.54) is 6.33 Å². The van der Waals surface area contributed by atoms with Crippen molar-refractivity contribution in [2.45, 2.75) is 26.4 Å². The Bertz CT molecular complexity index is 1220. The molecule has 0 aliphatic heterocycles. The van der Waals surface area contributed by atoms with Gasteiger partial charge in [-0.05, 0) is 49.2 Å². The molecule has 3 heterocycles. The van der Waals surface area contributed by atoms with Crippen molar-refractivity contribution >= 4 is 11.6 Å². The van der Waals surface area contributed by atoms with Crippen LogP contribution in [0.2, 0.25) is 0 Å². The summed E-state index contributed by atoms with van der Waals surface area (Å²) in [4.78, 5) is 25.1. The standard InChI is InChI=1S/C23H24N8O/c1-15-9-18(12-25-11-15)16(2)28-23(32)17-5-4-6-19(10-17)26-13-21-29-30-22(31(21)3)20-7-8-24-14-27-20/h4-12,14,16,26H,13H2,1-3H3,(H,28,32). The zero-order valence-electron chi connectivity index (χ0n) is 18.1. The number of hydrogen-bond donors (Lipinski definition) is 2. The topological polar surface area (TPSA) is 111 Å². The summed E-state index contributed by atoms with van der Waals surface area (Å²) < 4.78 is 1.88. The van der Waals surface area contributed by atoms with Crippen LogP contribution in [0.1, 0.15) is 40.3 Å². The van der Waals surface area contributed by atoms with E-state index < -0.39 is 0 Å². The molecule has 0 radical (unpaired) electrons. The summed E-state index contributed by atoms with van der Waals surface area (Å²) in [5.41, 5.74) is 4.12. The molecule has 9 nitrogen and oxygen atoms in total. The molecule has 32 heavy (non-hydrogen) atoms. The number of aryl methyl sites for hydroxylation is 1. The van der Waals surface area contributed by atoms with E-state index >= 15 is 0 Å². The average Bonchev–Trinajstić information content (AvgIpc) is 3.18. The molecule has 4 aromatic rings. The molecule has 9 heteroatoms. The predicted molar refractivity (Wildman–Crippen MR) is 121 cm³/mol. The molecular formula is C23H24N8O. The Balaban J connectivity index is 1.41. The van der Waals surface area contributed by atoms with Crippen LogP contribution >= 0.6 is 0 Å². The summed E-state index contributed by atoms with van der Waals surface area (Å²) in [6.45, 7) is 4.37. The van der Waals surface area contributed by atoms with E-state index in [1.807, 2.05) is 49.7 Å². The van der Waals surface area contributed by atoms with Gasteiger partial charge in [0.25, 0.3) is 5.91 Å². The average molecular weight is 429 g/mol. The first-order valence-corrected chi connectivity index (χ1v) is 10.2. The molecule has 1 atom stereocenters. The quantitative estimate of drug-likeness (QED) is 0.465. The molecule has 3 aromatic heterocycles. The number of carbonyl (C=O) groups excluding carboxylic acids is 1. The van der Waals surface area contributed by atoms with Crippen molar-refractivity contribution in [2.75, 3.05) is 5.32 Å². The lowest BCUT2D eigenvalue weighted by Gasteiger charge is -2.15. The number of anilines is 1. The molecule has 1 amide bonds. The van der Waals surface area contributed by atoms with Gasteiger partial charge in [-0.1, -0.05) is 12.1 Å². The SMILES string of the molecule is Cc1cncc(C(C)NC(=O)c2cccc(NCc3nnc(-c4ccncn4)n3C)c2)c1. The number of pyridine rings is 1. The highest BCUT2D eigenvalue weighted by atomic mass is 16.1. The van der Waals surface area contributed by atoms with Gasteiger partial charge >= 0.3 is 0 Å². The van der Waals surface area contributed by atoms with Crippen molar-refractivity contribution in [3.63, 3.8) is 0 Å². The van der Waals surface area contributed by atoms with Crippen LogP contribution in [0.15, 0.2) is 61.3 Å². The van der Waals surface area contributed by atoms with Crippen molar-refractivity contribution in [1.82, 2.24) is 35.0 Å². The van der Waals surface area contributed by atoms with Crippen LogP contribution < -0.4 is 10.6 Å². The fraction of sp³-hybridized carbons (Fsp3) is 0.217. The van der Waals surface area contributed by atoms with Gasteiger partial charge in [-0.25, -0.2) is 9.97 Å². The van der Waals surface area contributed by atoms with E-state index in [-0.39, 0.29) is 11.9 Å². The van der Waals surface area contributed by atoms with Crippen LogP contribution in [0.3, 0.4) is 0 Å². The molecule has 0 aliphatic carbocycles. The molecule has 2 N–H and O–H groups in total. The van der Waals surface area contributed by atoms with Crippen molar-refractivity contribution < 1.29 is 4.79 Å². The van der Waals surface area contributed by atoms with Gasteiger partial charge in [-0.3, -0.25) is 9.78 Å². The second-order valence-corrected chi connectivity index (χ2v) is 7.52. The van der Waals surface area contributed by atoms with Gasteiger partial charge < -0.3 is 15.2 Å². The van der Waals surface area contributed by atoms with Gasteiger partial charge in [0.1, 0.15) is 12.0 Å². The van der Waals surface area contributed by atoms with Gasteiger partial charge in [0.2, 0.25) is 0 Å². The number of hydrogen-bond acceptors (Lipinski definition) is 7. The number of amides is 1. The highest BCUT2D eigenvalue weighted by Crippen LogP contribution is 2.17. The van der Waals surface area contributed by atoms with E-state index in [0.29, 0.717) is 23.6 Å². The molecule has 0 saturated heterocycles. The largest absolute Gasteiger partial charge is 0.378 e. The minimum Gasteiger partial charge on any atom is -0.378 e. The first-order chi connectivity index (χ1) is 15.5. The summed E-state index contributed by atoms with van der Waals surface area (Å²) in [5, 5.41) is 14.8. The summed E-state index contributed by atoms with van der Waals surface area (Å²) >= 11 is 0. The van der Waals surface area contributed by atoms with Gasteiger partial charge in [0.05, 0.1) is 12.6 Å². The monoisotopic (exact) mass is 428 g/mol. The van der Waals surface area contributed by atoms with Crippen LogP contribution in [-0.4, -0.2) is 35.6 Å². The molecule has 0 fully saturated rings. The molecule has 0 saturated carbocycles. The van der Waals surface area contributed by atoms with Crippen LogP contribution in [0, 0.1) is 6.92 Å². The summed E-state index contributed by atoms with van der Waals surface area (Å²) in [7, 11) is 1.89. The Morgan fingerprint density at radius 1 is 1.12 bits per heavy atom. The predicted octanol–water partition coefficient (Wildman–Crippen LogP) is 3.08. The number of benzene rings is 1. The molecule has 162 valence electrons. The van der Waals surface area contributed by atoms with E-state index in [9.17, 15) is 4.79 Å². The highest BCUT2D eigenvalue weighted by molar-refractivity contribution is 5.95. The van der Waals surface area contributed by atoms with Crippen molar-refractivity contribution in [3.8, 4) is 11.5 Å². The molecule has 0 spiro atoms. The number of aromatic nitrogens is 6. The smallest absolute Gasteiger partial charge is 0.251 e. The van der Waals surface area contributed by atoms with E-state index in [1.54, 1.807) is 30.7 Å². The Morgan fingerprint density at radius 3 is 2.78 bits per heavy atom. The molecule has 1 aromatic carbocycles. The van der Waals surface area contributed by atoms with Crippen molar-refractivity contribution in [3.05, 3.63) is 83.8 Å². The van der Waals surface area contributed by atoms with Gasteiger partial charge in [0.15, 0.2) is 11.6 Å². The van der Waals surface area contributed by atoms with Crippen molar-refractivity contribution in [1.29, 1.82) is 0 Å². The summed E-state index contributed by atoms with van der Waals surface area (Å²) in [6.07, 6.45) is 6.71. The Hall–Kier alpha value is -4.14. The molecule has 4 rings (SSSR count). The van der Waals surface area contributed by atoms with Crippen LogP contribution in [0.4, 0.5) is 5.69 Å². The third kappa shape index (κ3) is 4.77. The second-order valence-electron chi connectivity index (χ2n) is 7.52. The fourth-order valence-electron chi connectivity index (χ4n) is 3.29. The van der Waals surface area contributed by atoms with Crippen LogP contribution in [0.5, 0.6) is 0 Å². The van der Waals surface area contributed by atoms with Crippen molar-refractivity contribution in [2.24, 2.45) is 7.05 Å². The first-order valence-electron chi connectivity index (χ1n) is 10.2. The van der Waals surface area contributed by atoms with Gasteiger partial charge in [-0.2, -0.15) is 0 Å². The summed E-state index contributed by atoms with van der Waals surface area (Å²) in [6, 6.07) is 11.0. The highest BCUT2D eigenvalue weighted by Gasteiger charge is 2.14. The lowest BCUT2D eigenvalue weighted by molar-refractivity contribution is 0.0940. The lowest BCUT2D eigenvalue weighted by atomic mass is 10.1. The van der Waals surface area contributed by atoms with Gasteiger partial charge in [0, 0.05) is 36.9 Å². The van der Waals surface area contributed by atoms with E-state index in [4.69, 9.17) is 0 Å². The van der Waals surface area contributed by atoms with E-state index in [2.05, 4.69) is 35.8 Å². The number of carbonyl (C=O) groups is 1. The number of nitrogens with one attached hydrogen (secondary N) is 2. The Labute approximate surface area is 186 Å². The number of rotatable bonds is 7. The first kappa shape index (κ1) is 21.1. The fourth-order valence-corrected chi connectivity index (χ4v) is 3.29. The van der Waals surface area contributed by atoms with Crippen LogP contribution in [-0.2, 0) is 13.6 Å². The van der Waals surface area contributed by atoms with E-state index in [0.717, 1.165) is 22.6 Å². The third-order valence-electron chi connectivity index (χ3n) is 5.10. The zero-order valence-corrected chi connectivity index (χ0v) is 18.1. The maximum Gasteiger partial charge on any atom is 0.251 e. The normalized spacial score (nSPS) is 11.7. The minimum absolute atomic E-state index is 0.146. The third-order valence-corrected chi connectivity index (χ3v) is 5.10. The maximum absolute atomic E-state index is 12.8. The maximum atomic E-state index is 12.8.